The molecular formula is C16H17N3O4S. The minimum absolute atomic E-state index is 0.139. The fraction of sp³-hybridized carbons (Fsp3) is 0.312. The maximum atomic E-state index is 12.3. The third-order valence-electron chi connectivity index (χ3n) is 3.59. The van der Waals surface area contributed by atoms with Gasteiger partial charge in [-0.05, 0) is 24.3 Å². The second kappa shape index (κ2) is 7.41. The summed E-state index contributed by atoms with van der Waals surface area (Å²) in [4.78, 5) is 30.4. The van der Waals surface area contributed by atoms with Gasteiger partial charge in [-0.1, -0.05) is 0 Å². The molecule has 2 heterocycles. The van der Waals surface area contributed by atoms with Crippen LogP contribution in [0.5, 0.6) is 5.75 Å². The number of benzene rings is 1. The standard InChI is InChI=1S/C16H17N3O4S/c1-22-12-4-2-11(3-5-12)14(20)18-16-17-13(10-24-16)15(21)19-6-8-23-9-7-19/h2-5,10H,6-9H2,1H3,(H,17,18,20). The molecule has 7 nitrogen and oxygen atoms in total. The van der Waals surface area contributed by atoms with Crippen LogP contribution in [0.15, 0.2) is 29.6 Å². The molecule has 1 saturated heterocycles. The predicted octanol–water partition coefficient (Wildman–Crippen LogP) is 1.88. The van der Waals surface area contributed by atoms with Crippen LogP contribution in [-0.4, -0.2) is 55.1 Å². The average molecular weight is 347 g/mol. The second-order valence-electron chi connectivity index (χ2n) is 5.13. The molecule has 0 aliphatic carbocycles. The van der Waals surface area contributed by atoms with Gasteiger partial charge in [0.15, 0.2) is 5.13 Å². The van der Waals surface area contributed by atoms with Gasteiger partial charge in [0.25, 0.3) is 11.8 Å². The molecule has 2 amide bonds. The quantitative estimate of drug-likeness (QED) is 0.913. The second-order valence-corrected chi connectivity index (χ2v) is 5.98. The van der Waals surface area contributed by atoms with Crippen LogP contribution in [0.4, 0.5) is 5.13 Å². The minimum Gasteiger partial charge on any atom is -0.497 e. The Morgan fingerprint density at radius 3 is 2.62 bits per heavy atom. The third kappa shape index (κ3) is 3.72. The largest absolute Gasteiger partial charge is 0.497 e. The molecule has 0 bridgehead atoms. The number of amides is 2. The van der Waals surface area contributed by atoms with Gasteiger partial charge in [0, 0.05) is 24.0 Å². The van der Waals surface area contributed by atoms with E-state index in [0.717, 1.165) is 0 Å². The Labute approximate surface area is 143 Å². The zero-order valence-electron chi connectivity index (χ0n) is 13.2. The van der Waals surface area contributed by atoms with E-state index in [2.05, 4.69) is 10.3 Å². The van der Waals surface area contributed by atoms with Gasteiger partial charge in [-0.15, -0.1) is 11.3 Å². The lowest BCUT2D eigenvalue weighted by molar-refractivity contribution is 0.0299. The van der Waals surface area contributed by atoms with Crippen molar-refractivity contribution in [2.45, 2.75) is 0 Å². The van der Waals surface area contributed by atoms with Crippen molar-refractivity contribution in [3.05, 3.63) is 40.9 Å². The molecule has 1 aliphatic heterocycles. The molecule has 126 valence electrons. The van der Waals surface area contributed by atoms with Crippen molar-refractivity contribution in [3.63, 3.8) is 0 Å². The highest BCUT2D eigenvalue weighted by Gasteiger charge is 2.21. The Balaban J connectivity index is 1.64. The first-order valence-corrected chi connectivity index (χ1v) is 8.33. The maximum absolute atomic E-state index is 12.3. The SMILES string of the molecule is COc1ccc(C(=O)Nc2nc(C(=O)N3CCOCC3)cs2)cc1. The van der Waals surface area contributed by atoms with E-state index in [-0.39, 0.29) is 11.8 Å². The van der Waals surface area contributed by atoms with Crippen LogP contribution in [0.1, 0.15) is 20.8 Å². The predicted molar refractivity (Wildman–Crippen MR) is 89.8 cm³/mol. The molecule has 0 spiro atoms. The number of methoxy groups -OCH3 is 1. The number of hydrogen-bond acceptors (Lipinski definition) is 6. The first kappa shape index (κ1) is 16.4. The van der Waals surface area contributed by atoms with E-state index in [0.29, 0.717) is 48.4 Å². The van der Waals surface area contributed by atoms with E-state index >= 15 is 0 Å². The Morgan fingerprint density at radius 2 is 1.96 bits per heavy atom. The highest BCUT2D eigenvalue weighted by Crippen LogP contribution is 2.19. The summed E-state index contributed by atoms with van der Waals surface area (Å²) in [7, 11) is 1.57. The fourth-order valence-corrected chi connectivity index (χ4v) is 2.95. The number of thiazole rings is 1. The zero-order chi connectivity index (χ0) is 16.9. The number of carbonyl (C=O) groups excluding carboxylic acids is 2. The zero-order valence-corrected chi connectivity index (χ0v) is 14.0. The Bertz CT molecular complexity index is 723. The van der Waals surface area contributed by atoms with Crippen LogP contribution in [0.25, 0.3) is 0 Å². The smallest absolute Gasteiger partial charge is 0.273 e. The number of anilines is 1. The van der Waals surface area contributed by atoms with Crippen molar-refractivity contribution in [1.82, 2.24) is 9.88 Å². The van der Waals surface area contributed by atoms with Gasteiger partial charge in [0.1, 0.15) is 11.4 Å². The third-order valence-corrected chi connectivity index (χ3v) is 4.35. The van der Waals surface area contributed by atoms with Crippen molar-refractivity contribution in [3.8, 4) is 5.75 Å². The maximum Gasteiger partial charge on any atom is 0.273 e. The molecular weight excluding hydrogens is 330 g/mol. The van der Waals surface area contributed by atoms with Gasteiger partial charge in [-0.2, -0.15) is 0 Å². The van der Waals surface area contributed by atoms with E-state index in [1.54, 1.807) is 41.7 Å². The van der Waals surface area contributed by atoms with Crippen molar-refractivity contribution in [1.29, 1.82) is 0 Å². The highest BCUT2D eigenvalue weighted by atomic mass is 32.1. The van der Waals surface area contributed by atoms with Gasteiger partial charge in [0.05, 0.1) is 20.3 Å². The average Bonchev–Trinajstić information content (AvgIpc) is 3.10. The van der Waals surface area contributed by atoms with E-state index in [1.807, 2.05) is 0 Å². The molecule has 0 atom stereocenters. The lowest BCUT2D eigenvalue weighted by Crippen LogP contribution is -2.40. The first-order chi connectivity index (χ1) is 11.7. The molecule has 0 saturated carbocycles. The molecule has 3 rings (SSSR count). The molecule has 24 heavy (non-hydrogen) atoms. The molecule has 1 fully saturated rings. The van der Waals surface area contributed by atoms with Crippen LogP contribution >= 0.6 is 11.3 Å². The molecule has 1 aromatic carbocycles. The van der Waals surface area contributed by atoms with Crippen LogP contribution in [0, 0.1) is 0 Å². The van der Waals surface area contributed by atoms with Crippen molar-refractivity contribution in [2.24, 2.45) is 0 Å². The molecule has 1 aliphatic rings. The topological polar surface area (TPSA) is 80.8 Å². The molecule has 0 unspecified atom stereocenters. The molecule has 0 radical (unpaired) electrons. The number of aromatic nitrogens is 1. The van der Waals surface area contributed by atoms with E-state index in [4.69, 9.17) is 9.47 Å². The number of morpholine rings is 1. The summed E-state index contributed by atoms with van der Waals surface area (Å²) in [5, 5.41) is 4.76. The lowest BCUT2D eigenvalue weighted by Gasteiger charge is -2.25. The number of nitrogens with one attached hydrogen (secondary N) is 1. The van der Waals surface area contributed by atoms with Gasteiger partial charge < -0.3 is 14.4 Å². The number of hydrogen-bond donors (Lipinski definition) is 1. The summed E-state index contributed by atoms with van der Waals surface area (Å²) in [6.07, 6.45) is 0. The summed E-state index contributed by atoms with van der Waals surface area (Å²) in [6, 6.07) is 6.76. The van der Waals surface area contributed by atoms with Crippen LogP contribution in [0.3, 0.4) is 0 Å². The number of nitrogens with zero attached hydrogens (tertiary/aromatic N) is 2. The monoisotopic (exact) mass is 347 g/mol. The minimum atomic E-state index is -0.280. The first-order valence-electron chi connectivity index (χ1n) is 7.45. The van der Waals surface area contributed by atoms with Gasteiger partial charge in [-0.25, -0.2) is 4.98 Å². The van der Waals surface area contributed by atoms with Gasteiger partial charge in [-0.3, -0.25) is 14.9 Å². The van der Waals surface area contributed by atoms with Crippen LogP contribution in [0.2, 0.25) is 0 Å². The molecule has 1 N–H and O–H groups in total. The molecule has 2 aromatic rings. The van der Waals surface area contributed by atoms with Crippen molar-refractivity contribution < 1.29 is 19.1 Å². The number of carbonyl (C=O) groups is 2. The molecule has 8 heteroatoms. The van der Waals surface area contributed by atoms with Gasteiger partial charge >= 0.3 is 0 Å². The van der Waals surface area contributed by atoms with E-state index in [1.165, 1.54) is 11.3 Å². The lowest BCUT2D eigenvalue weighted by atomic mass is 10.2. The Hall–Kier alpha value is -2.45. The van der Waals surface area contributed by atoms with Crippen LogP contribution in [-0.2, 0) is 4.74 Å². The highest BCUT2D eigenvalue weighted by molar-refractivity contribution is 7.14. The fourth-order valence-electron chi connectivity index (χ4n) is 2.27. The summed E-state index contributed by atoms with van der Waals surface area (Å²) in [5.41, 5.74) is 0.832. The summed E-state index contributed by atoms with van der Waals surface area (Å²) in [6.45, 7) is 2.20. The normalized spacial score (nSPS) is 14.3. The van der Waals surface area contributed by atoms with Crippen molar-refractivity contribution >= 4 is 28.3 Å². The Morgan fingerprint density at radius 1 is 1.25 bits per heavy atom. The Kier molecular flexibility index (Phi) is 5.07. The van der Waals surface area contributed by atoms with E-state index in [9.17, 15) is 9.59 Å². The van der Waals surface area contributed by atoms with Crippen molar-refractivity contribution in [2.75, 3.05) is 38.7 Å². The number of ether oxygens (including phenoxy) is 2. The van der Waals surface area contributed by atoms with Gasteiger partial charge in [0.2, 0.25) is 0 Å². The molecule has 1 aromatic heterocycles. The summed E-state index contributed by atoms with van der Waals surface area (Å²) in [5.74, 6) is 0.260. The van der Waals surface area contributed by atoms with Crippen LogP contribution < -0.4 is 10.1 Å². The summed E-state index contributed by atoms with van der Waals surface area (Å²) >= 11 is 1.23. The summed E-state index contributed by atoms with van der Waals surface area (Å²) < 4.78 is 10.3. The van der Waals surface area contributed by atoms with E-state index < -0.39 is 0 Å². The number of rotatable bonds is 4.